The SMILES string of the molecule is CCCCCCCCc1cnc(-c2ccc(OCCC[N+](CC)(CC)CC)cc2)nc1.FB(F)F.[F-]. The van der Waals surface area contributed by atoms with Crippen LogP contribution in [-0.4, -0.2) is 54.8 Å². The Morgan fingerprint density at radius 2 is 1.31 bits per heavy atom. The van der Waals surface area contributed by atoms with Crippen LogP contribution in [0.4, 0.5) is 12.9 Å². The first kappa shape index (κ1) is 33.8. The van der Waals surface area contributed by atoms with Gasteiger partial charge in [-0.1, -0.05) is 39.0 Å². The maximum absolute atomic E-state index is 9.67. The molecule has 0 aliphatic rings. The third-order valence-corrected chi connectivity index (χ3v) is 6.69. The highest BCUT2D eigenvalue weighted by atomic mass is 19.4. The molecule has 4 nitrogen and oxygen atoms in total. The molecule has 0 fully saturated rings. The predicted molar refractivity (Wildman–Crippen MR) is 140 cm³/mol. The molecule has 0 unspecified atom stereocenters. The van der Waals surface area contributed by atoms with Gasteiger partial charge in [0.2, 0.25) is 0 Å². The van der Waals surface area contributed by atoms with E-state index in [-0.39, 0.29) is 4.70 Å². The first-order chi connectivity index (χ1) is 16.9. The number of ether oxygens (including phenoxy) is 1. The fraction of sp³-hybridized carbons (Fsp3) is 0.630. The molecule has 1 aromatic heterocycles. The molecule has 204 valence electrons. The molecule has 0 N–H and O–H groups in total. The molecule has 0 bridgehead atoms. The van der Waals surface area contributed by atoms with Crippen molar-refractivity contribution in [1.29, 1.82) is 0 Å². The van der Waals surface area contributed by atoms with E-state index in [1.165, 1.54) is 74.8 Å². The normalized spacial score (nSPS) is 10.8. The predicted octanol–water partition coefficient (Wildman–Crippen LogP) is 4.58. The van der Waals surface area contributed by atoms with Crippen LogP contribution in [-0.2, 0) is 6.42 Å². The van der Waals surface area contributed by atoms with Crippen LogP contribution in [0.15, 0.2) is 36.7 Å². The van der Waals surface area contributed by atoms with Crippen molar-refractivity contribution >= 4 is 7.54 Å². The van der Waals surface area contributed by atoms with Gasteiger partial charge in [0.05, 0.1) is 32.8 Å². The zero-order valence-corrected chi connectivity index (χ0v) is 22.5. The molecule has 0 atom stereocenters. The van der Waals surface area contributed by atoms with Crippen LogP contribution in [0.2, 0.25) is 0 Å². The number of nitrogens with zero attached hydrogens (tertiary/aromatic N) is 3. The van der Waals surface area contributed by atoms with Crippen molar-refractivity contribution in [3.05, 3.63) is 42.2 Å². The first-order valence-corrected chi connectivity index (χ1v) is 13.2. The monoisotopic (exact) mass is 513 g/mol. The molecule has 9 heteroatoms. The summed E-state index contributed by atoms with van der Waals surface area (Å²) in [7, 11) is -3.67. The Morgan fingerprint density at radius 3 is 1.83 bits per heavy atom. The summed E-state index contributed by atoms with van der Waals surface area (Å²) in [4.78, 5) is 9.17. The summed E-state index contributed by atoms with van der Waals surface area (Å²) in [5.74, 6) is 1.71. The van der Waals surface area contributed by atoms with Gasteiger partial charge in [-0.15, -0.1) is 0 Å². The Morgan fingerprint density at radius 1 is 0.778 bits per heavy atom. The lowest BCUT2D eigenvalue weighted by atomic mass is 10.1. The second kappa shape index (κ2) is 20.0. The van der Waals surface area contributed by atoms with Gasteiger partial charge in [-0.05, 0) is 63.4 Å². The Bertz CT molecular complexity index is 765. The van der Waals surface area contributed by atoms with E-state index in [9.17, 15) is 12.9 Å². The summed E-state index contributed by atoms with van der Waals surface area (Å²) < 4.78 is 36.1. The van der Waals surface area contributed by atoms with Gasteiger partial charge < -0.3 is 13.9 Å². The third kappa shape index (κ3) is 13.8. The average molecular weight is 513 g/mol. The number of unbranched alkanes of at least 4 members (excludes halogenated alkanes) is 5. The van der Waals surface area contributed by atoms with Crippen LogP contribution in [0, 0.1) is 0 Å². The summed E-state index contributed by atoms with van der Waals surface area (Å²) >= 11 is 0. The zero-order chi connectivity index (χ0) is 25.9. The van der Waals surface area contributed by atoms with Gasteiger partial charge in [-0.3, -0.25) is 12.9 Å². The number of rotatable bonds is 16. The minimum absolute atomic E-state index is 0. The van der Waals surface area contributed by atoms with Crippen molar-refractivity contribution in [2.45, 2.75) is 79.1 Å². The van der Waals surface area contributed by atoms with Gasteiger partial charge in [0.15, 0.2) is 5.82 Å². The van der Waals surface area contributed by atoms with Crippen molar-refractivity contribution in [1.82, 2.24) is 9.97 Å². The minimum Gasteiger partial charge on any atom is -1.00 e. The Kier molecular flexibility index (Phi) is 18.8. The van der Waals surface area contributed by atoms with Gasteiger partial charge >= 0.3 is 7.54 Å². The van der Waals surface area contributed by atoms with Crippen molar-refractivity contribution in [2.75, 3.05) is 32.8 Å². The van der Waals surface area contributed by atoms with Crippen LogP contribution in [0.3, 0.4) is 0 Å². The number of hydrogen-bond acceptors (Lipinski definition) is 3. The Hall–Kier alpha value is -2.16. The van der Waals surface area contributed by atoms with E-state index in [0.717, 1.165) is 36.6 Å². The molecular formula is C27H44BF4N3O. The minimum atomic E-state index is -3.67. The molecule has 2 rings (SSSR count). The molecule has 0 radical (unpaired) electrons. The highest BCUT2D eigenvalue weighted by Gasteiger charge is 2.19. The summed E-state index contributed by atoms with van der Waals surface area (Å²) in [6, 6.07) is 8.18. The molecule has 0 saturated carbocycles. The van der Waals surface area contributed by atoms with Crippen molar-refractivity contribution < 1.29 is 26.9 Å². The molecule has 2 aromatic rings. The number of halogens is 4. The highest BCUT2D eigenvalue weighted by Crippen LogP contribution is 2.20. The molecular weight excluding hydrogens is 469 g/mol. The largest absolute Gasteiger partial charge is 1.00 e. The average Bonchev–Trinajstić information content (AvgIpc) is 2.87. The first-order valence-electron chi connectivity index (χ1n) is 13.2. The van der Waals surface area contributed by atoms with Crippen LogP contribution in [0.25, 0.3) is 11.4 Å². The fourth-order valence-corrected chi connectivity index (χ4v) is 4.18. The van der Waals surface area contributed by atoms with Gasteiger partial charge in [0, 0.05) is 24.4 Å². The number of aryl methyl sites for hydroxylation is 1. The smallest absolute Gasteiger partial charge is 0.762 e. The standard InChI is InChI=1S/C27H44N3O.BF3.FH/c1-5-9-10-11-12-13-15-24-22-28-27(29-23-24)25-16-18-26(19-17-25)31-21-14-20-30(6-2,7-3)8-4;2-1(3)4;/h16-19,22-23H,5-15,20-21H2,1-4H3;;1H/q+1;;/p-1. The molecule has 0 saturated heterocycles. The highest BCUT2D eigenvalue weighted by molar-refractivity contribution is 6.33. The van der Waals surface area contributed by atoms with E-state index >= 15 is 0 Å². The lowest BCUT2D eigenvalue weighted by Gasteiger charge is -2.35. The number of hydrogen-bond donors (Lipinski definition) is 0. The lowest BCUT2D eigenvalue weighted by Crippen LogP contribution is -3.00. The molecule has 36 heavy (non-hydrogen) atoms. The Labute approximate surface area is 215 Å². The summed E-state index contributed by atoms with van der Waals surface area (Å²) in [6.45, 7) is 14.7. The second-order valence-corrected chi connectivity index (χ2v) is 8.92. The van der Waals surface area contributed by atoms with E-state index in [1.807, 2.05) is 24.5 Å². The molecule has 0 spiro atoms. The van der Waals surface area contributed by atoms with Crippen LogP contribution in [0.1, 0.15) is 78.2 Å². The quantitative estimate of drug-likeness (QED) is 0.143. The molecule has 0 amide bonds. The maximum Gasteiger partial charge on any atom is 0.762 e. The van der Waals surface area contributed by atoms with E-state index in [0.29, 0.717) is 0 Å². The fourth-order valence-electron chi connectivity index (χ4n) is 4.18. The summed E-state index contributed by atoms with van der Waals surface area (Å²) in [6.07, 6.45) is 14.0. The molecule has 1 heterocycles. The zero-order valence-electron chi connectivity index (χ0n) is 22.5. The molecule has 1 aromatic carbocycles. The van der Waals surface area contributed by atoms with Crippen molar-refractivity contribution in [3.8, 4) is 17.1 Å². The van der Waals surface area contributed by atoms with E-state index in [1.54, 1.807) is 0 Å². The molecule has 0 aliphatic carbocycles. The third-order valence-electron chi connectivity index (χ3n) is 6.69. The number of quaternary nitrogens is 1. The van der Waals surface area contributed by atoms with Gasteiger partial charge in [-0.25, -0.2) is 9.97 Å². The maximum atomic E-state index is 9.67. The van der Waals surface area contributed by atoms with E-state index < -0.39 is 7.54 Å². The van der Waals surface area contributed by atoms with Crippen molar-refractivity contribution in [3.63, 3.8) is 0 Å². The topological polar surface area (TPSA) is 35.0 Å². The number of benzene rings is 1. The van der Waals surface area contributed by atoms with Crippen molar-refractivity contribution in [2.24, 2.45) is 0 Å². The summed E-state index contributed by atoms with van der Waals surface area (Å²) in [5, 5.41) is 0. The lowest BCUT2D eigenvalue weighted by molar-refractivity contribution is -0.923. The van der Waals surface area contributed by atoms with Gasteiger partial charge in [0.25, 0.3) is 0 Å². The Balaban J connectivity index is 0.00000227. The van der Waals surface area contributed by atoms with Crippen LogP contribution in [0.5, 0.6) is 5.75 Å². The van der Waals surface area contributed by atoms with Crippen LogP contribution >= 0.6 is 0 Å². The second-order valence-electron chi connectivity index (χ2n) is 8.92. The molecule has 0 aliphatic heterocycles. The van der Waals surface area contributed by atoms with Gasteiger partial charge in [-0.2, -0.15) is 0 Å². The van der Waals surface area contributed by atoms with E-state index in [4.69, 9.17) is 4.74 Å². The summed E-state index contributed by atoms with van der Waals surface area (Å²) in [5.41, 5.74) is 2.28. The number of aromatic nitrogens is 2. The van der Waals surface area contributed by atoms with Crippen LogP contribution < -0.4 is 9.44 Å². The van der Waals surface area contributed by atoms with E-state index in [2.05, 4.69) is 49.8 Å². The van der Waals surface area contributed by atoms with Gasteiger partial charge in [0.1, 0.15) is 5.75 Å².